The zero-order chi connectivity index (χ0) is 30.9. The van der Waals surface area contributed by atoms with Crippen LogP contribution in [0.5, 0.6) is 0 Å². The van der Waals surface area contributed by atoms with Gasteiger partial charge in [0, 0.05) is 25.5 Å². The van der Waals surface area contributed by atoms with E-state index in [1.807, 2.05) is 0 Å². The van der Waals surface area contributed by atoms with E-state index in [1.54, 1.807) is 0 Å². The Labute approximate surface area is 273 Å². The van der Waals surface area contributed by atoms with Crippen LogP contribution in [0.1, 0.15) is 233 Å². The fraction of sp³-hybridized carbons (Fsp3) is 0.951. The molecule has 0 radical (unpaired) electrons. The fourth-order valence-electron chi connectivity index (χ4n) is 7.15. The summed E-state index contributed by atoms with van der Waals surface area (Å²) in [5.41, 5.74) is 0. The van der Waals surface area contributed by atoms with Crippen LogP contribution in [0.15, 0.2) is 12.4 Å². The smallest absolute Gasteiger partial charge is 0.101 e. The average molecular weight is 603 g/mol. The van der Waals surface area contributed by atoms with E-state index in [2.05, 4.69) is 43.0 Å². The standard InChI is InChI=1S/C41H82N2/c1-4-7-9-11-13-15-17-19-21-22-24-26-28-30-32-34-36-38-43-40-39-42(6-3)41(43)37-35-33-31-29-27-25-23-20-18-16-14-12-10-8-5-2/h39-41H,4-38H2,1-3H3. The Kier molecular flexibility index (Phi) is 30.7. The van der Waals surface area contributed by atoms with Gasteiger partial charge in [-0.1, -0.05) is 206 Å². The first-order valence-corrected chi connectivity index (χ1v) is 20.5. The van der Waals surface area contributed by atoms with Crippen LogP contribution in [0.3, 0.4) is 0 Å². The molecule has 1 rings (SSSR count). The molecule has 0 aromatic heterocycles. The highest BCUT2D eigenvalue weighted by atomic mass is 15.4. The van der Waals surface area contributed by atoms with Gasteiger partial charge in [-0.05, 0) is 26.2 Å². The van der Waals surface area contributed by atoms with Crippen LogP contribution >= 0.6 is 0 Å². The Morgan fingerprint density at radius 3 is 0.930 bits per heavy atom. The summed E-state index contributed by atoms with van der Waals surface area (Å²) in [5.74, 6) is 0. The minimum absolute atomic E-state index is 0.632. The van der Waals surface area contributed by atoms with Crippen LogP contribution in [-0.2, 0) is 0 Å². The van der Waals surface area contributed by atoms with Crippen molar-refractivity contribution in [3.05, 3.63) is 12.4 Å². The highest BCUT2D eigenvalue weighted by Crippen LogP contribution is 2.23. The van der Waals surface area contributed by atoms with Gasteiger partial charge in [0.2, 0.25) is 0 Å². The summed E-state index contributed by atoms with van der Waals surface area (Å²) >= 11 is 0. The van der Waals surface area contributed by atoms with E-state index >= 15 is 0 Å². The summed E-state index contributed by atoms with van der Waals surface area (Å²) in [6.07, 6.45) is 53.2. The zero-order valence-electron chi connectivity index (χ0n) is 30.4. The summed E-state index contributed by atoms with van der Waals surface area (Å²) in [7, 11) is 0. The van der Waals surface area contributed by atoms with Gasteiger partial charge in [0.15, 0.2) is 0 Å². The lowest BCUT2D eigenvalue weighted by molar-refractivity contribution is 0.142. The normalized spacial score (nSPS) is 14.9. The largest absolute Gasteiger partial charge is 0.356 e. The lowest BCUT2D eigenvalue weighted by Crippen LogP contribution is -2.38. The van der Waals surface area contributed by atoms with E-state index in [4.69, 9.17) is 0 Å². The second kappa shape index (κ2) is 32.7. The molecule has 1 aliphatic rings. The minimum atomic E-state index is 0.632. The van der Waals surface area contributed by atoms with Crippen molar-refractivity contribution >= 4 is 0 Å². The quantitative estimate of drug-likeness (QED) is 0.0666. The van der Waals surface area contributed by atoms with Crippen LogP contribution in [-0.4, -0.2) is 29.1 Å². The molecular formula is C41H82N2. The average Bonchev–Trinajstić information content (AvgIpc) is 3.42. The van der Waals surface area contributed by atoms with Crippen molar-refractivity contribution in [1.82, 2.24) is 9.80 Å². The van der Waals surface area contributed by atoms with E-state index in [-0.39, 0.29) is 0 Å². The van der Waals surface area contributed by atoms with E-state index in [0.29, 0.717) is 6.17 Å². The first-order valence-electron chi connectivity index (χ1n) is 20.5. The molecule has 1 unspecified atom stereocenters. The van der Waals surface area contributed by atoms with Crippen LogP contribution in [0.2, 0.25) is 0 Å². The summed E-state index contributed by atoms with van der Waals surface area (Å²) in [6.45, 7) is 9.35. The monoisotopic (exact) mass is 603 g/mol. The van der Waals surface area contributed by atoms with Gasteiger partial charge in [-0.15, -0.1) is 0 Å². The molecule has 0 bridgehead atoms. The van der Waals surface area contributed by atoms with Gasteiger partial charge in [0.25, 0.3) is 0 Å². The molecule has 0 saturated carbocycles. The molecule has 2 nitrogen and oxygen atoms in total. The molecule has 1 atom stereocenters. The Hall–Kier alpha value is -0.660. The second-order valence-electron chi connectivity index (χ2n) is 14.2. The van der Waals surface area contributed by atoms with Gasteiger partial charge in [-0.3, -0.25) is 0 Å². The van der Waals surface area contributed by atoms with Crippen molar-refractivity contribution < 1.29 is 0 Å². The van der Waals surface area contributed by atoms with Crippen LogP contribution < -0.4 is 0 Å². The van der Waals surface area contributed by atoms with Gasteiger partial charge < -0.3 is 9.80 Å². The lowest BCUT2D eigenvalue weighted by atomic mass is 10.0. The molecule has 0 fully saturated rings. The molecule has 0 amide bonds. The highest BCUT2D eigenvalue weighted by Gasteiger charge is 2.23. The molecule has 0 aromatic rings. The van der Waals surface area contributed by atoms with Crippen molar-refractivity contribution in [2.45, 2.75) is 239 Å². The Morgan fingerprint density at radius 2 is 0.605 bits per heavy atom. The topological polar surface area (TPSA) is 6.48 Å². The van der Waals surface area contributed by atoms with E-state index in [9.17, 15) is 0 Å². The lowest BCUT2D eigenvalue weighted by Gasteiger charge is -2.32. The number of rotatable bonds is 35. The number of hydrogen-bond acceptors (Lipinski definition) is 2. The second-order valence-corrected chi connectivity index (χ2v) is 14.2. The van der Waals surface area contributed by atoms with Crippen LogP contribution in [0.25, 0.3) is 0 Å². The van der Waals surface area contributed by atoms with E-state index < -0.39 is 0 Å². The Morgan fingerprint density at radius 1 is 0.326 bits per heavy atom. The molecule has 1 aliphatic heterocycles. The van der Waals surface area contributed by atoms with Gasteiger partial charge in [-0.2, -0.15) is 0 Å². The molecule has 0 aliphatic carbocycles. The molecule has 2 heteroatoms. The number of hydrogen-bond donors (Lipinski definition) is 0. The van der Waals surface area contributed by atoms with Gasteiger partial charge >= 0.3 is 0 Å². The molecule has 0 saturated heterocycles. The molecule has 0 N–H and O–H groups in total. The van der Waals surface area contributed by atoms with Gasteiger partial charge in [-0.25, -0.2) is 0 Å². The molecule has 0 spiro atoms. The third kappa shape index (κ3) is 25.2. The van der Waals surface area contributed by atoms with Crippen molar-refractivity contribution in [2.75, 3.05) is 13.1 Å². The molecule has 0 aromatic carbocycles. The number of unbranched alkanes of at least 4 members (excludes halogenated alkanes) is 30. The summed E-state index contributed by atoms with van der Waals surface area (Å²) in [5, 5.41) is 0. The maximum absolute atomic E-state index is 2.67. The van der Waals surface area contributed by atoms with Gasteiger partial charge in [0.1, 0.15) is 6.17 Å². The first kappa shape index (κ1) is 40.4. The van der Waals surface area contributed by atoms with Crippen LogP contribution in [0, 0.1) is 0 Å². The number of nitrogens with zero attached hydrogens (tertiary/aromatic N) is 2. The molecule has 1 heterocycles. The Bertz CT molecular complexity index is 558. The summed E-state index contributed by atoms with van der Waals surface area (Å²) in [4.78, 5) is 5.25. The third-order valence-corrected chi connectivity index (χ3v) is 10.2. The zero-order valence-corrected chi connectivity index (χ0v) is 30.4. The van der Waals surface area contributed by atoms with Crippen molar-refractivity contribution in [3.63, 3.8) is 0 Å². The first-order chi connectivity index (χ1) is 21.3. The summed E-state index contributed by atoms with van der Waals surface area (Å²) < 4.78 is 0. The predicted octanol–water partition coefficient (Wildman–Crippen LogP) is 14.3. The van der Waals surface area contributed by atoms with Gasteiger partial charge in [0.05, 0.1) is 0 Å². The molecular weight excluding hydrogens is 520 g/mol. The van der Waals surface area contributed by atoms with Crippen molar-refractivity contribution in [2.24, 2.45) is 0 Å². The predicted molar refractivity (Wildman–Crippen MR) is 196 cm³/mol. The maximum Gasteiger partial charge on any atom is 0.101 e. The maximum atomic E-state index is 2.67. The third-order valence-electron chi connectivity index (χ3n) is 10.2. The highest BCUT2D eigenvalue weighted by molar-refractivity contribution is 4.96. The molecule has 256 valence electrons. The minimum Gasteiger partial charge on any atom is -0.356 e. The van der Waals surface area contributed by atoms with Crippen LogP contribution in [0.4, 0.5) is 0 Å². The van der Waals surface area contributed by atoms with Crippen molar-refractivity contribution in [1.29, 1.82) is 0 Å². The van der Waals surface area contributed by atoms with Crippen molar-refractivity contribution in [3.8, 4) is 0 Å². The fourth-order valence-corrected chi connectivity index (χ4v) is 7.15. The van der Waals surface area contributed by atoms with E-state index in [1.165, 1.54) is 218 Å². The van der Waals surface area contributed by atoms with E-state index in [0.717, 1.165) is 6.54 Å². The summed E-state index contributed by atoms with van der Waals surface area (Å²) in [6, 6.07) is 0. The Balaban J connectivity index is 1.90. The molecule has 43 heavy (non-hydrogen) atoms. The SMILES string of the molecule is CCCCCCCCCCCCCCCCCCCN1C=CN(CC)C1CCCCCCCCCCCCCCCCC.